The summed E-state index contributed by atoms with van der Waals surface area (Å²) in [6.45, 7) is 3.18. The third-order valence-corrected chi connectivity index (χ3v) is 7.75. The topological polar surface area (TPSA) is 120 Å². The molecule has 0 aliphatic carbocycles. The van der Waals surface area contributed by atoms with Crippen molar-refractivity contribution in [3.05, 3.63) is 52.8 Å². The summed E-state index contributed by atoms with van der Waals surface area (Å²) in [5.41, 5.74) is 2.00. The molecule has 1 aromatic heterocycles. The number of aryl methyl sites for hydroxylation is 1. The first-order valence-electron chi connectivity index (χ1n) is 10.6. The predicted molar refractivity (Wildman–Crippen MR) is 127 cm³/mol. The summed E-state index contributed by atoms with van der Waals surface area (Å²) < 4.78 is 29.1. The van der Waals surface area contributed by atoms with Gasteiger partial charge in [0.25, 0.3) is 0 Å². The van der Waals surface area contributed by atoms with E-state index < -0.39 is 10.0 Å². The normalized spacial score (nSPS) is 14.5. The fraction of sp³-hybridized carbons (Fsp3) is 0.318. The second-order valence-electron chi connectivity index (χ2n) is 7.96. The Labute approximate surface area is 197 Å². The van der Waals surface area contributed by atoms with Gasteiger partial charge in [0.15, 0.2) is 10.6 Å². The molecule has 1 fully saturated rings. The van der Waals surface area contributed by atoms with E-state index in [0.717, 1.165) is 24.0 Å². The Kier molecular flexibility index (Phi) is 6.63. The fourth-order valence-corrected chi connectivity index (χ4v) is 5.58. The number of sulfonamides is 1. The highest BCUT2D eigenvalue weighted by atomic mass is 32.2. The van der Waals surface area contributed by atoms with Crippen LogP contribution in [0.5, 0.6) is 5.75 Å². The van der Waals surface area contributed by atoms with Gasteiger partial charge in [0.1, 0.15) is 5.75 Å². The molecule has 1 aliphatic heterocycles. The zero-order valence-electron chi connectivity index (χ0n) is 18.1. The molecule has 0 bridgehead atoms. The quantitative estimate of drug-likeness (QED) is 0.347. The number of aromatic nitrogens is 3. The van der Waals surface area contributed by atoms with Crippen LogP contribution in [-0.2, 0) is 21.4 Å². The number of H-pyrrole nitrogens is 1. The highest BCUT2D eigenvalue weighted by Gasteiger charge is 2.28. The minimum atomic E-state index is -3.67. The highest BCUT2D eigenvalue weighted by molar-refractivity contribution is 7.89. The van der Waals surface area contributed by atoms with Gasteiger partial charge in [-0.3, -0.25) is 14.5 Å². The number of hydrogen-bond acceptors (Lipinski definition) is 6. The minimum absolute atomic E-state index is 0.0382. The molecule has 1 saturated heterocycles. The molecular weight excluding hydrogens is 462 g/mol. The van der Waals surface area contributed by atoms with Gasteiger partial charge >= 0.3 is 0 Å². The van der Waals surface area contributed by atoms with Crippen LogP contribution in [0.4, 0.5) is 5.69 Å². The van der Waals surface area contributed by atoms with Crippen molar-refractivity contribution >= 4 is 33.8 Å². The molecule has 0 spiro atoms. The molecule has 3 N–H and O–H groups in total. The first kappa shape index (κ1) is 23.1. The van der Waals surface area contributed by atoms with Gasteiger partial charge in [-0.05, 0) is 56.2 Å². The van der Waals surface area contributed by atoms with Crippen LogP contribution in [0.25, 0.3) is 11.4 Å². The molecule has 3 aromatic rings. The number of rotatable bonds is 7. The average Bonchev–Trinajstić information content (AvgIpc) is 3.44. The molecule has 2 heterocycles. The van der Waals surface area contributed by atoms with Crippen LogP contribution < -0.4 is 5.32 Å². The molecule has 0 unspecified atom stereocenters. The number of carbonyl (C=O) groups is 1. The molecular formula is C22H25N5O4S2. The monoisotopic (exact) mass is 487 g/mol. The molecule has 174 valence electrons. The van der Waals surface area contributed by atoms with E-state index in [0.29, 0.717) is 23.7 Å². The number of aromatic amines is 1. The summed E-state index contributed by atoms with van der Waals surface area (Å²) in [5, 5.41) is 19.8. The molecule has 0 atom stereocenters. The third-order valence-electron chi connectivity index (χ3n) is 5.54. The fourth-order valence-electron chi connectivity index (χ4n) is 3.81. The van der Waals surface area contributed by atoms with Crippen molar-refractivity contribution in [2.24, 2.45) is 0 Å². The van der Waals surface area contributed by atoms with E-state index >= 15 is 0 Å². The van der Waals surface area contributed by atoms with Crippen molar-refractivity contribution in [3.8, 4) is 17.1 Å². The first-order valence-corrected chi connectivity index (χ1v) is 12.5. The lowest BCUT2D eigenvalue weighted by atomic mass is 10.1. The smallest absolute Gasteiger partial charge is 0.243 e. The summed E-state index contributed by atoms with van der Waals surface area (Å²) in [5.74, 6) is 0.0291. The zero-order valence-corrected chi connectivity index (χ0v) is 19.7. The van der Waals surface area contributed by atoms with E-state index in [1.807, 2.05) is 31.2 Å². The maximum absolute atomic E-state index is 12.8. The second kappa shape index (κ2) is 9.46. The van der Waals surface area contributed by atoms with E-state index in [4.69, 9.17) is 12.2 Å². The number of aromatic hydroxyl groups is 1. The maximum Gasteiger partial charge on any atom is 0.243 e. The van der Waals surface area contributed by atoms with Gasteiger partial charge in [0.05, 0.1) is 10.6 Å². The summed E-state index contributed by atoms with van der Waals surface area (Å²) in [4.78, 5) is 12.7. The standard InChI is InChI=1S/C22H25N5O4S2/c1-15-5-4-6-16(13-15)21-24-25-22(32)27(21)12-9-20(29)23-18-14-17(7-8-19(18)28)33(30,31)26-10-2-3-11-26/h4-8,13-14,28H,2-3,9-12H2,1H3,(H,23,29)(H,25,32). The number of carbonyl (C=O) groups excluding carboxylic acids is 1. The summed E-state index contributed by atoms with van der Waals surface area (Å²) >= 11 is 5.32. The number of benzene rings is 2. The molecule has 11 heteroatoms. The maximum atomic E-state index is 12.8. The molecule has 0 saturated carbocycles. The Morgan fingerprint density at radius 2 is 1.97 bits per heavy atom. The van der Waals surface area contributed by atoms with Crippen LogP contribution in [0.15, 0.2) is 47.4 Å². The number of phenols is 1. The Morgan fingerprint density at radius 1 is 1.21 bits per heavy atom. The lowest BCUT2D eigenvalue weighted by Crippen LogP contribution is -2.28. The molecule has 0 radical (unpaired) electrons. The SMILES string of the molecule is Cc1cccc(-c2n[nH]c(=S)n2CCC(=O)Nc2cc(S(=O)(=O)N3CCCC3)ccc2O)c1. The second-order valence-corrected chi connectivity index (χ2v) is 10.3. The van der Waals surface area contributed by atoms with E-state index in [1.54, 1.807) is 4.57 Å². The lowest BCUT2D eigenvalue weighted by molar-refractivity contribution is -0.116. The van der Waals surface area contributed by atoms with Crippen LogP contribution in [0.2, 0.25) is 0 Å². The number of phenolic OH excluding ortho intramolecular Hbond substituents is 1. The molecule has 33 heavy (non-hydrogen) atoms. The van der Waals surface area contributed by atoms with E-state index in [-0.39, 0.29) is 35.2 Å². The molecule has 1 amide bonds. The molecule has 9 nitrogen and oxygen atoms in total. The van der Waals surface area contributed by atoms with Gasteiger partial charge in [-0.1, -0.05) is 23.8 Å². The van der Waals surface area contributed by atoms with Crippen molar-refractivity contribution in [3.63, 3.8) is 0 Å². The van der Waals surface area contributed by atoms with Crippen LogP contribution in [0.3, 0.4) is 0 Å². The third kappa shape index (κ3) is 5.00. The van der Waals surface area contributed by atoms with Gasteiger partial charge in [-0.2, -0.15) is 9.40 Å². The summed E-state index contributed by atoms with van der Waals surface area (Å²) in [7, 11) is -3.67. The number of nitrogens with one attached hydrogen (secondary N) is 2. The van der Waals surface area contributed by atoms with Crippen molar-refractivity contribution in [2.45, 2.75) is 37.6 Å². The Hall–Kier alpha value is -3.02. The first-order chi connectivity index (χ1) is 15.8. The Bertz CT molecular complexity index is 1340. The predicted octanol–water partition coefficient (Wildman–Crippen LogP) is 3.44. The minimum Gasteiger partial charge on any atom is -0.506 e. The largest absolute Gasteiger partial charge is 0.506 e. The summed E-state index contributed by atoms with van der Waals surface area (Å²) in [6, 6.07) is 11.7. The summed E-state index contributed by atoms with van der Waals surface area (Å²) in [6.07, 6.45) is 1.69. The number of hydrogen-bond donors (Lipinski definition) is 3. The average molecular weight is 488 g/mol. The van der Waals surface area contributed by atoms with Crippen LogP contribution in [0, 0.1) is 11.7 Å². The van der Waals surface area contributed by atoms with Gasteiger partial charge in [0.2, 0.25) is 15.9 Å². The Morgan fingerprint density at radius 3 is 2.70 bits per heavy atom. The molecule has 2 aromatic carbocycles. The highest BCUT2D eigenvalue weighted by Crippen LogP contribution is 2.29. The van der Waals surface area contributed by atoms with Gasteiger partial charge in [-0.15, -0.1) is 0 Å². The van der Waals surface area contributed by atoms with E-state index in [1.165, 1.54) is 22.5 Å². The van der Waals surface area contributed by atoms with Crippen molar-refractivity contribution in [1.82, 2.24) is 19.1 Å². The van der Waals surface area contributed by atoms with Gasteiger partial charge in [0, 0.05) is 31.6 Å². The van der Waals surface area contributed by atoms with Crippen LogP contribution in [-0.4, -0.2) is 51.6 Å². The lowest BCUT2D eigenvalue weighted by Gasteiger charge is -2.17. The molecule has 1 aliphatic rings. The van der Waals surface area contributed by atoms with E-state index in [9.17, 15) is 18.3 Å². The van der Waals surface area contributed by atoms with Crippen LogP contribution >= 0.6 is 12.2 Å². The number of amides is 1. The van der Waals surface area contributed by atoms with Crippen LogP contribution in [0.1, 0.15) is 24.8 Å². The Balaban J connectivity index is 1.48. The zero-order chi connectivity index (χ0) is 23.6. The van der Waals surface area contributed by atoms with Crippen molar-refractivity contribution in [1.29, 1.82) is 0 Å². The molecule has 4 rings (SSSR count). The van der Waals surface area contributed by atoms with Gasteiger partial charge in [-0.25, -0.2) is 8.42 Å². The number of anilines is 1. The van der Waals surface area contributed by atoms with E-state index in [2.05, 4.69) is 15.5 Å². The van der Waals surface area contributed by atoms with Crippen molar-refractivity contribution in [2.75, 3.05) is 18.4 Å². The van der Waals surface area contributed by atoms with Crippen molar-refractivity contribution < 1.29 is 18.3 Å². The number of nitrogens with zero attached hydrogens (tertiary/aromatic N) is 3. The van der Waals surface area contributed by atoms with Gasteiger partial charge < -0.3 is 10.4 Å².